The summed E-state index contributed by atoms with van der Waals surface area (Å²) in [6.07, 6.45) is -4.50. The molecule has 0 atom stereocenters. The Morgan fingerprint density at radius 3 is 2.25 bits per heavy atom. The first-order valence-electron chi connectivity index (χ1n) is 4.47. The van der Waals surface area contributed by atoms with Crippen molar-refractivity contribution in [1.82, 2.24) is 0 Å². The molecule has 0 radical (unpaired) electrons. The topological polar surface area (TPSA) is 23.8 Å². The highest BCUT2D eigenvalue weighted by Gasteiger charge is 2.34. The molecule has 0 unspecified atom stereocenters. The van der Waals surface area contributed by atoms with Gasteiger partial charge in [0.1, 0.15) is 0 Å². The molecule has 1 aromatic rings. The fourth-order valence-electron chi connectivity index (χ4n) is 1.20. The zero-order chi connectivity index (χ0) is 12.6. The third-order valence-corrected chi connectivity index (χ3v) is 2.60. The van der Waals surface area contributed by atoms with E-state index in [0.717, 1.165) is 6.07 Å². The van der Waals surface area contributed by atoms with Gasteiger partial charge < -0.3 is 0 Å². The van der Waals surface area contributed by atoms with E-state index in [-0.39, 0.29) is 5.02 Å². The summed E-state index contributed by atoms with van der Waals surface area (Å²) in [6, 6.07) is 5.46. The molecule has 86 valence electrons. The fourth-order valence-corrected chi connectivity index (χ4v) is 1.42. The number of benzene rings is 1. The van der Waals surface area contributed by atoms with Gasteiger partial charge in [-0.15, -0.1) is 0 Å². The highest BCUT2D eigenvalue weighted by atomic mass is 35.5. The summed E-state index contributed by atoms with van der Waals surface area (Å²) in [7, 11) is 0. The average Bonchev–Trinajstić information content (AvgIpc) is 2.16. The van der Waals surface area contributed by atoms with E-state index in [4.69, 9.17) is 16.9 Å². The van der Waals surface area contributed by atoms with Crippen LogP contribution in [0.3, 0.4) is 0 Å². The number of alkyl halides is 3. The number of halogens is 4. The molecule has 5 heteroatoms. The molecule has 0 saturated heterocycles. The van der Waals surface area contributed by atoms with E-state index in [1.54, 1.807) is 13.8 Å². The Morgan fingerprint density at radius 1 is 1.25 bits per heavy atom. The molecule has 0 aliphatic heterocycles. The van der Waals surface area contributed by atoms with E-state index >= 15 is 0 Å². The van der Waals surface area contributed by atoms with Gasteiger partial charge in [0.15, 0.2) is 0 Å². The number of hydrogen-bond acceptors (Lipinski definition) is 1. The van der Waals surface area contributed by atoms with Crippen LogP contribution >= 0.6 is 11.6 Å². The molecule has 0 spiro atoms. The van der Waals surface area contributed by atoms with Gasteiger partial charge in [-0.25, -0.2) is 0 Å². The van der Waals surface area contributed by atoms with Crippen LogP contribution in [0, 0.1) is 11.3 Å². The number of hydrogen-bond donors (Lipinski definition) is 0. The van der Waals surface area contributed by atoms with Crippen LogP contribution in [0.2, 0.25) is 5.02 Å². The van der Waals surface area contributed by atoms with E-state index in [2.05, 4.69) is 0 Å². The van der Waals surface area contributed by atoms with Crippen LogP contribution in [0.15, 0.2) is 18.2 Å². The maximum Gasteiger partial charge on any atom is 0.417 e. The van der Waals surface area contributed by atoms with Crippen LogP contribution < -0.4 is 0 Å². The van der Waals surface area contributed by atoms with E-state index in [0.29, 0.717) is 5.56 Å². The molecule has 0 aromatic heterocycles. The smallest absolute Gasteiger partial charge is 0.197 e. The van der Waals surface area contributed by atoms with Gasteiger partial charge in [0.2, 0.25) is 0 Å². The van der Waals surface area contributed by atoms with Gasteiger partial charge in [-0.2, -0.15) is 18.4 Å². The van der Waals surface area contributed by atoms with Crippen molar-refractivity contribution in [3.63, 3.8) is 0 Å². The van der Waals surface area contributed by atoms with Gasteiger partial charge in [0.05, 0.1) is 22.1 Å². The molecule has 0 aliphatic carbocycles. The molecule has 1 aromatic carbocycles. The maximum absolute atomic E-state index is 12.6. The zero-order valence-corrected chi connectivity index (χ0v) is 9.45. The van der Waals surface area contributed by atoms with Gasteiger partial charge >= 0.3 is 6.18 Å². The minimum Gasteiger partial charge on any atom is -0.197 e. The summed E-state index contributed by atoms with van der Waals surface area (Å²) < 4.78 is 37.7. The SMILES string of the molecule is CC(C)(C#N)c1ccc(Cl)c(C(F)(F)F)c1. The standard InChI is InChI=1S/C11H9ClF3N/c1-10(2,6-16)7-3-4-9(12)8(5-7)11(13,14)15/h3-5H,1-2H3. The van der Waals surface area contributed by atoms with Crippen molar-refractivity contribution >= 4 is 11.6 Å². The zero-order valence-electron chi connectivity index (χ0n) is 8.69. The molecule has 1 rings (SSSR count). The normalized spacial score (nSPS) is 12.3. The predicted octanol–water partition coefficient (Wildman–Crippen LogP) is 4.16. The maximum atomic E-state index is 12.6. The molecular weight excluding hydrogens is 239 g/mol. The van der Waals surface area contributed by atoms with Gasteiger partial charge in [-0.1, -0.05) is 17.7 Å². The number of nitriles is 1. The first-order valence-corrected chi connectivity index (χ1v) is 4.85. The minimum atomic E-state index is -4.50. The Bertz CT molecular complexity index is 444. The van der Waals surface area contributed by atoms with Crippen molar-refractivity contribution in [1.29, 1.82) is 5.26 Å². The van der Waals surface area contributed by atoms with Gasteiger partial charge in [-0.05, 0) is 31.5 Å². The molecule has 1 nitrogen and oxygen atoms in total. The summed E-state index contributed by atoms with van der Waals surface area (Å²) in [5.41, 5.74) is -1.58. The van der Waals surface area contributed by atoms with Crippen LogP contribution in [0.4, 0.5) is 13.2 Å². The lowest BCUT2D eigenvalue weighted by atomic mass is 9.85. The van der Waals surface area contributed by atoms with Crippen molar-refractivity contribution in [2.24, 2.45) is 0 Å². The highest BCUT2D eigenvalue weighted by molar-refractivity contribution is 6.31. The van der Waals surface area contributed by atoms with Crippen LogP contribution in [-0.4, -0.2) is 0 Å². The average molecular weight is 248 g/mol. The van der Waals surface area contributed by atoms with E-state index in [1.807, 2.05) is 6.07 Å². The third-order valence-electron chi connectivity index (χ3n) is 2.27. The number of rotatable bonds is 1. The Labute approximate surface area is 96.4 Å². The van der Waals surface area contributed by atoms with Crippen LogP contribution in [0.1, 0.15) is 25.0 Å². The lowest BCUT2D eigenvalue weighted by Gasteiger charge is -2.18. The molecule has 0 fully saturated rings. The second kappa shape index (κ2) is 3.99. The van der Waals surface area contributed by atoms with Crippen molar-refractivity contribution in [3.05, 3.63) is 34.3 Å². The lowest BCUT2D eigenvalue weighted by Crippen LogP contribution is -2.16. The van der Waals surface area contributed by atoms with Crippen molar-refractivity contribution < 1.29 is 13.2 Å². The van der Waals surface area contributed by atoms with Gasteiger partial charge in [0, 0.05) is 0 Å². The molecule has 0 heterocycles. The van der Waals surface area contributed by atoms with E-state index in [1.165, 1.54) is 12.1 Å². The third kappa shape index (κ3) is 2.48. The number of nitrogens with zero attached hydrogens (tertiary/aromatic N) is 1. The molecule has 16 heavy (non-hydrogen) atoms. The molecule has 0 bridgehead atoms. The van der Waals surface area contributed by atoms with E-state index < -0.39 is 17.2 Å². The summed E-state index contributed by atoms with van der Waals surface area (Å²) in [6.45, 7) is 3.10. The van der Waals surface area contributed by atoms with Crippen molar-refractivity contribution in [2.75, 3.05) is 0 Å². The Morgan fingerprint density at radius 2 is 1.81 bits per heavy atom. The fraction of sp³-hybridized carbons (Fsp3) is 0.364. The van der Waals surface area contributed by atoms with E-state index in [9.17, 15) is 13.2 Å². The largest absolute Gasteiger partial charge is 0.417 e. The second-order valence-corrected chi connectivity index (χ2v) is 4.34. The van der Waals surface area contributed by atoms with Crippen molar-refractivity contribution in [2.45, 2.75) is 25.4 Å². The summed E-state index contributed by atoms with van der Waals surface area (Å²) in [5.74, 6) is 0. The van der Waals surface area contributed by atoms with Gasteiger partial charge in [0.25, 0.3) is 0 Å². The van der Waals surface area contributed by atoms with Crippen LogP contribution in [-0.2, 0) is 11.6 Å². The van der Waals surface area contributed by atoms with Gasteiger partial charge in [-0.3, -0.25) is 0 Å². The first-order chi connectivity index (χ1) is 7.18. The first kappa shape index (κ1) is 12.9. The summed E-state index contributed by atoms with van der Waals surface area (Å²) in [4.78, 5) is 0. The summed E-state index contributed by atoms with van der Waals surface area (Å²) >= 11 is 5.47. The monoisotopic (exact) mass is 247 g/mol. The van der Waals surface area contributed by atoms with Crippen molar-refractivity contribution in [3.8, 4) is 6.07 Å². The lowest BCUT2D eigenvalue weighted by molar-refractivity contribution is -0.137. The quantitative estimate of drug-likeness (QED) is 0.731. The second-order valence-electron chi connectivity index (χ2n) is 3.93. The molecule has 0 amide bonds. The molecule has 0 N–H and O–H groups in total. The minimum absolute atomic E-state index is 0.298. The summed E-state index contributed by atoms with van der Waals surface area (Å²) in [5, 5.41) is 8.49. The molecule has 0 aliphatic rings. The molecule has 0 saturated carbocycles. The Kier molecular flexibility index (Phi) is 3.20. The highest BCUT2D eigenvalue weighted by Crippen LogP contribution is 2.37. The van der Waals surface area contributed by atoms with Crippen LogP contribution in [0.25, 0.3) is 0 Å². The Balaban J connectivity index is 3.36. The predicted molar refractivity (Wildman–Crippen MR) is 55.1 cm³/mol. The molecular formula is C11H9ClF3N. The Hall–Kier alpha value is -1.21. The van der Waals surface area contributed by atoms with Crippen LogP contribution in [0.5, 0.6) is 0 Å².